The van der Waals surface area contributed by atoms with Crippen LogP contribution in [-0.2, 0) is 25.5 Å². The highest BCUT2D eigenvalue weighted by Gasteiger charge is 2.37. The Labute approximate surface area is 191 Å². The van der Waals surface area contributed by atoms with Crippen molar-refractivity contribution in [2.75, 3.05) is 31.3 Å². The lowest BCUT2D eigenvalue weighted by Gasteiger charge is -2.26. The molecule has 5 rings (SSSR count). The Bertz CT molecular complexity index is 1080. The molecule has 8 nitrogen and oxygen atoms in total. The van der Waals surface area contributed by atoms with Gasteiger partial charge in [0, 0.05) is 24.7 Å². The van der Waals surface area contributed by atoms with Crippen LogP contribution in [0.2, 0.25) is 0 Å². The first-order chi connectivity index (χ1) is 16.1. The molecule has 0 aromatic heterocycles. The van der Waals surface area contributed by atoms with E-state index in [9.17, 15) is 14.4 Å². The highest BCUT2D eigenvalue weighted by molar-refractivity contribution is 6.00. The zero-order valence-electron chi connectivity index (χ0n) is 18.2. The summed E-state index contributed by atoms with van der Waals surface area (Å²) >= 11 is 0. The Morgan fingerprint density at radius 2 is 1.91 bits per heavy atom. The van der Waals surface area contributed by atoms with E-state index >= 15 is 0 Å². The first-order valence-electron chi connectivity index (χ1n) is 11.3. The fourth-order valence-electron chi connectivity index (χ4n) is 4.71. The molecule has 1 fully saturated rings. The smallest absolute Gasteiger partial charge is 0.311 e. The van der Waals surface area contributed by atoms with Crippen LogP contribution in [0.1, 0.15) is 36.4 Å². The number of ether oxygens (including phenoxy) is 3. The number of amides is 2. The minimum atomic E-state index is -0.617. The second-order valence-corrected chi connectivity index (χ2v) is 8.55. The van der Waals surface area contributed by atoms with Crippen molar-refractivity contribution in [3.05, 3.63) is 53.6 Å². The summed E-state index contributed by atoms with van der Waals surface area (Å²) in [7, 11) is 0. The summed E-state index contributed by atoms with van der Waals surface area (Å²) in [6.07, 6.45) is 2.91. The number of benzene rings is 2. The molecule has 2 heterocycles. The topological polar surface area (TPSA) is 94.2 Å². The Kier molecular flexibility index (Phi) is 5.90. The summed E-state index contributed by atoms with van der Waals surface area (Å²) < 4.78 is 16.4. The number of carbonyl (C=O) groups is 3. The van der Waals surface area contributed by atoms with E-state index in [1.807, 2.05) is 18.2 Å². The van der Waals surface area contributed by atoms with E-state index in [0.29, 0.717) is 30.4 Å². The second kappa shape index (κ2) is 9.13. The van der Waals surface area contributed by atoms with Gasteiger partial charge in [-0.2, -0.15) is 0 Å². The van der Waals surface area contributed by atoms with E-state index in [2.05, 4.69) is 11.4 Å². The number of carbonyl (C=O) groups excluding carboxylic acids is 3. The third kappa shape index (κ3) is 4.51. The molecule has 2 amide bonds. The van der Waals surface area contributed by atoms with Crippen LogP contribution in [-0.4, -0.2) is 44.1 Å². The number of esters is 1. The second-order valence-electron chi connectivity index (χ2n) is 8.55. The van der Waals surface area contributed by atoms with Crippen LogP contribution in [0.4, 0.5) is 5.69 Å². The van der Waals surface area contributed by atoms with Crippen LogP contribution in [0.15, 0.2) is 42.5 Å². The minimum absolute atomic E-state index is 0.0465. The zero-order chi connectivity index (χ0) is 22.8. The molecular weight excluding hydrogens is 424 g/mol. The normalized spacial score (nSPS) is 21.3. The lowest BCUT2D eigenvalue weighted by molar-refractivity contribution is -0.152. The van der Waals surface area contributed by atoms with Crippen LogP contribution < -0.4 is 19.7 Å². The van der Waals surface area contributed by atoms with Gasteiger partial charge in [0.1, 0.15) is 13.2 Å². The van der Waals surface area contributed by atoms with E-state index in [1.54, 1.807) is 23.1 Å². The predicted molar refractivity (Wildman–Crippen MR) is 119 cm³/mol. The largest absolute Gasteiger partial charge is 0.486 e. The molecule has 2 aromatic carbocycles. The van der Waals surface area contributed by atoms with Crippen molar-refractivity contribution in [1.29, 1.82) is 0 Å². The summed E-state index contributed by atoms with van der Waals surface area (Å²) in [5.41, 5.74) is 3.02. The summed E-state index contributed by atoms with van der Waals surface area (Å²) in [5.74, 6) is -0.441. The average molecular weight is 450 g/mol. The van der Waals surface area contributed by atoms with Gasteiger partial charge in [-0.25, -0.2) is 0 Å². The van der Waals surface area contributed by atoms with Crippen LogP contribution in [0.5, 0.6) is 11.5 Å². The number of aryl methyl sites for hydroxylation is 1. The monoisotopic (exact) mass is 450 g/mol. The third-order valence-electron chi connectivity index (χ3n) is 6.35. The maximum absolute atomic E-state index is 12.6. The molecule has 0 saturated carbocycles. The molecule has 33 heavy (non-hydrogen) atoms. The van der Waals surface area contributed by atoms with Gasteiger partial charge in [-0.1, -0.05) is 24.3 Å². The number of hydrogen-bond donors (Lipinski definition) is 1. The number of nitrogens with zero attached hydrogens (tertiary/aromatic N) is 1. The van der Waals surface area contributed by atoms with Crippen LogP contribution in [0, 0.1) is 5.92 Å². The molecule has 0 radical (unpaired) electrons. The molecule has 0 spiro atoms. The average Bonchev–Trinajstić information content (AvgIpc) is 3.24. The summed E-state index contributed by atoms with van der Waals surface area (Å²) in [5, 5.41) is 2.97. The number of hydrogen-bond acceptors (Lipinski definition) is 6. The zero-order valence-corrected chi connectivity index (χ0v) is 18.2. The van der Waals surface area contributed by atoms with Crippen molar-refractivity contribution >= 4 is 23.5 Å². The van der Waals surface area contributed by atoms with Crippen LogP contribution in [0.3, 0.4) is 0 Å². The maximum atomic E-state index is 12.6. The Hall–Kier alpha value is -3.55. The molecule has 0 unspecified atom stereocenters. The predicted octanol–water partition coefficient (Wildman–Crippen LogP) is 2.55. The van der Waals surface area contributed by atoms with Gasteiger partial charge in [0.05, 0.1) is 12.0 Å². The van der Waals surface area contributed by atoms with Gasteiger partial charge in [0.25, 0.3) is 5.91 Å². The highest BCUT2D eigenvalue weighted by atomic mass is 16.6. The van der Waals surface area contributed by atoms with Gasteiger partial charge in [-0.3, -0.25) is 14.4 Å². The fourth-order valence-corrected chi connectivity index (χ4v) is 4.71. The van der Waals surface area contributed by atoms with Gasteiger partial charge in [-0.05, 0) is 42.5 Å². The highest BCUT2D eigenvalue weighted by Crippen LogP contribution is 2.36. The van der Waals surface area contributed by atoms with Gasteiger partial charge in [0.15, 0.2) is 18.1 Å². The number of anilines is 1. The number of rotatable bonds is 5. The molecule has 3 aliphatic rings. The molecule has 2 aromatic rings. The molecule has 1 N–H and O–H groups in total. The van der Waals surface area contributed by atoms with E-state index in [1.165, 1.54) is 5.56 Å². The number of fused-ring (bicyclic) bond motifs is 2. The summed E-state index contributed by atoms with van der Waals surface area (Å²) in [6, 6.07) is 13.3. The molecule has 1 aliphatic carbocycles. The van der Waals surface area contributed by atoms with Crippen molar-refractivity contribution in [1.82, 2.24) is 5.32 Å². The lowest BCUT2D eigenvalue weighted by atomic mass is 9.88. The molecule has 2 atom stereocenters. The van der Waals surface area contributed by atoms with E-state index < -0.39 is 11.9 Å². The van der Waals surface area contributed by atoms with Gasteiger partial charge >= 0.3 is 5.97 Å². The lowest BCUT2D eigenvalue weighted by Crippen LogP contribution is -2.35. The van der Waals surface area contributed by atoms with E-state index in [-0.39, 0.29) is 37.4 Å². The Morgan fingerprint density at radius 3 is 2.79 bits per heavy atom. The van der Waals surface area contributed by atoms with Crippen molar-refractivity contribution in [3.63, 3.8) is 0 Å². The maximum Gasteiger partial charge on any atom is 0.311 e. The van der Waals surface area contributed by atoms with Gasteiger partial charge in [0.2, 0.25) is 5.91 Å². The molecule has 172 valence electrons. The molecule has 8 heteroatoms. The van der Waals surface area contributed by atoms with Crippen LogP contribution >= 0.6 is 0 Å². The van der Waals surface area contributed by atoms with E-state index in [0.717, 1.165) is 24.8 Å². The van der Waals surface area contributed by atoms with E-state index in [4.69, 9.17) is 14.2 Å². The quantitative estimate of drug-likeness (QED) is 0.704. The third-order valence-corrected chi connectivity index (χ3v) is 6.35. The first-order valence-corrected chi connectivity index (χ1v) is 11.3. The summed E-state index contributed by atoms with van der Waals surface area (Å²) in [6.45, 7) is 0.790. The van der Waals surface area contributed by atoms with Crippen molar-refractivity contribution in [3.8, 4) is 11.5 Å². The van der Waals surface area contributed by atoms with Crippen molar-refractivity contribution < 1.29 is 28.6 Å². The fraction of sp³-hybridized carbons (Fsp3) is 0.400. The molecule has 1 saturated heterocycles. The van der Waals surface area contributed by atoms with Crippen LogP contribution in [0.25, 0.3) is 0 Å². The summed E-state index contributed by atoms with van der Waals surface area (Å²) in [4.78, 5) is 39.1. The van der Waals surface area contributed by atoms with Crippen molar-refractivity contribution in [2.24, 2.45) is 5.92 Å². The van der Waals surface area contributed by atoms with Crippen molar-refractivity contribution in [2.45, 2.75) is 31.7 Å². The molecule has 0 bridgehead atoms. The van der Waals surface area contributed by atoms with Gasteiger partial charge < -0.3 is 24.4 Å². The molecule has 2 aliphatic heterocycles. The number of nitrogens with one attached hydrogen (secondary N) is 1. The van der Waals surface area contributed by atoms with Gasteiger partial charge in [-0.15, -0.1) is 0 Å². The Morgan fingerprint density at radius 1 is 1.09 bits per heavy atom. The Balaban J connectivity index is 1.15. The standard InChI is InChI=1S/C25H26N2O6/c28-23(26-20-7-3-5-16-4-1-2-6-19(16)20)15-33-25(30)17-12-24(29)27(14-17)18-8-9-21-22(13-18)32-11-10-31-21/h1-2,4,6,8-9,13,17,20H,3,5,7,10-12,14-15H2,(H,26,28)/t17-,20+/m1/s1. The minimum Gasteiger partial charge on any atom is -0.486 e. The first kappa shape index (κ1) is 21.3. The molecular formula is C25H26N2O6. The SMILES string of the molecule is O=C(COC(=O)[C@@H]1CC(=O)N(c2ccc3c(c2)OCCO3)C1)N[C@H]1CCCc2ccccc21.